The van der Waals surface area contributed by atoms with Crippen LogP contribution in [-0.4, -0.2) is 24.7 Å². The van der Waals surface area contributed by atoms with Gasteiger partial charge >= 0.3 is 0 Å². The first-order valence-electron chi connectivity index (χ1n) is 8.01. The van der Waals surface area contributed by atoms with E-state index in [0.29, 0.717) is 28.6 Å². The Balaban J connectivity index is 1.92. The first-order valence-corrected chi connectivity index (χ1v) is 8.80. The average Bonchev–Trinajstić information content (AvgIpc) is 2.56. The highest BCUT2D eigenvalue weighted by Gasteiger charge is 2.40. The molecule has 124 valence electrons. The molecule has 2 N–H and O–H groups in total. The third kappa shape index (κ3) is 2.45. The summed E-state index contributed by atoms with van der Waals surface area (Å²) >= 11 is 3.21. The number of benzene rings is 1. The van der Waals surface area contributed by atoms with Crippen LogP contribution in [0, 0.1) is 5.82 Å². The molecule has 1 atom stereocenters. The molecule has 3 aliphatic rings. The summed E-state index contributed by atoms with van der Waals surface area (Å²) in [4.78, 5) is 25.2. The van der Waals surface area contributed by atoms with Gasteiger partial charge in [0.1, 0.15) is 5.82 Å². The molecule has 2 aliphatic heterocycles. The summed E-state index contributed by atoms with van der Waals surface area (Å²) in [6.07, 6.45) is 2.10. The second-order valence-corrected chi connectivity index (χ2v) is 7.17. The lowest BCUT2D eigenvalue weighted by Crippen LogP contribution is -2.44. The lowest BCUT2D eigenvalue weighted by molar-refractivity contribution is -0.116. The van der Waals surface area contributed by atoms with Crippen LogP contribution in [0.15, 0.2) is 45.2 Å². The van der Waals surface area contributed by atoms with E-state index in [1.807, 2.05) is 0 Å². The van der Waals surface area contributed by atoms with Crippen LogP contribution >= 0.6 is 15.9 Å². The Morgan fingerprint density at radius 3 is 2.62 bits per heavy atom. The second kappa shape index (κ2) is 5.93. The Bertz CT molecular complexity index is 786. The molecule has 0 aromatic heterocycles. The monoisotopic (exact) mass is 390 g/mol. The van der Waals surface area contributed by atoms with Crippen LogP contribution in [0.3, 0.4) is 0 Å². The number of dihydropyridines is 1. The zero-order valence-corrected chi connectivity index (χ0v) is 14.5. The minimum absolute atomic E-state index is 0.0147. The molecule has 0 radical (unpaired) electrons. The van der Waals surface area contributed by atoms with E-state index in [4.69, 9.17) is 0 Å². The smallest absolute Gasteiger partial charge is 0.175 e. The van der Waals surface area contributed by atoms with Gasteiger partial charge in [0.05, 0.1) is 11.0 Å². The molecule has 0 saturated heterocycles. The maximum atomic E-state index is 13.7. The zero-order valence-electron chi connectivity index (χ0n) is 12.9. The lowest BCUT2D eigenvalue weighted by Gasteiger charge is -2.37. The van der Waals surface area contributed by atoms with Crippen molar-refractivity contribution in [1.29, 1.82) is 0 Å². The molecule has 0 bridgehead atoms. The van der Waals surface area contributed by atoms with Gasteiger partial charge in [-0.05, 0) is 46.5 Å². The van der Waals surface area contributed by atoms with Crippen LogP contribution in [-0.2, 0) is 9.59 Å². The number of Topliss-reactive ketones (excluding diaryl/α,β-unsaturated/α-hetero) is 2. The summed E-state index contributed by atoms with van der Waals surface area (Å²) in [6, 6.07) is 4.72. The van der Waals surface area contributed by atoms with Gasteiger partial charge in [0.25, 0.3) is 0 Å². The first-order chi connectivity index (χ1) is 11.6. The number of carbonyl (C=O) groups excluding carboxylic acids is 2. The largest absolute Gasteiger partial charge is 0.360 e. The predicted octanol–water partition coefficient (Wildman–Crippen LogP) is 2.71. The molecule has 4 rings (SSSR count). The number of allylic oxidation sites excluding steroid dienone is 2. The van der Waals surface area contributed by atoms with Gasteiger partial charge in [-0.25, -0.2) is 4.39 Å². The Hall–Kier alpha value is -1.79. The average molecular weight is 391 g/mol. The number of hydrogen-bond donors (Lipinski definition) is 2. The number of halogens is 2. The summed E-state index contributed by atoms with van der Waals surface area (Å²) in [5.41, 5.74) is 3.84. The van der Waals surface area contributed by atoms with Crippen molar-refractivity contribution in [3.8, 4) is 0 Å². The normalized spacial score (nSPS) is 23.8. The van der Waals surface area contributed by atoms with E-state index < -0.39 is 5.92 Å². The van der Waals surface area contributed by atoms with Crippen molar-refractivity contribution in [3.63, 3.8) is 0 Å². The number of ketones is 2. The van der Waals surface area contributed by atoms with Gasteiger partial charge in [-0.2, -0.15) is 0 Å². The van der Waals surface area contributed by atoms with Crippen molar-refractivity contribution in [3.05, 3.63) is 56.6 Å². The van der Waals surface area contributed by atoms with Crippen molar-refractivity contribution in [2.75, 3.05) is 13.1 Å². The van der Waals surface area contributed by atoms with E-state index in [1.54, 1.807) is 12.1 Å². The SMILES string of the molecule is O=C1CCCC2=C1C(c1ccc(F)c(Br)c1)C1=C(CNCC1=O)N2. The highest BCUT2D eigenvalue weighted by molar-refractivity contribution is 9.10. The number of carbonyl (C=O) groups is 2. The Labute approximate surface area is 147 Å². The lowest BCUT2D eigenvalue weighted by atomic mass is 9.73. The fourth-order valence-corrected chi connectivity index (χ4v) is 4.18. The summed E-state index contributed by atoms with van der Waals surface area (Å²) in [6.45, 7) is 0.834. The molecule has 4 nitrogen and oxygen atoms in total. The van der Waals surface area contributed by atoms with Crippen molar-refractivity contribution in [1.82, 2.24) is 10.6 Å². The summed E-state index contributed by atoms with van der Waals surface area (Å²) in [5, 5.41) is 6.40. The summed E-state index contributed by atoms with van der Waals surface area (Å²) in [5.74, 6) is -0.704. The Kier molecular flexibility index (Phi) is 3.89. The first kappa shape index (κ1) is 15.7. The minimum atomic E-state index is -0.407. The standard InChI is InChI=1S/C18H16BrFN2O2/c19-10-6-9(4-5-11(10)20)16-17-12(2-1-3-14(17)23)22-13-7-21-8-15(24)18(13)16/h4-6,16,21-22H,1-3,7-8H2. The molecule has 0 spiro atoms. The maximum absolute atomic E-state index is 13.7. The number of hydrogen-bond acceptors (Lipinski definition) is 4. The predicted molar refractivity (Wildman–Crippen MR) is 90.8 cm³/mol. The number of rotatable bonds is 1. The molecule has 24 heavy (non-hydrogen) atoms. The Morgan fingerprint density at radius 1 is 1.04 bits per heavy atom. The molecule has 1 aromatic rings. The molecule has 1 unspecified atom stereocenters. The maximum Gasteiger partial charge on any atom is 0.175 e. The second-order valence-electron chi connectivity index (χ2n) is 6.32. The zero-order chi connectivity index (χ0) is 16.8. The molecular formula is C18H16BrFN2O2. The van der Waals surface area contributed by atoms with Crippen LogP contribution in [0.25, 0.3) is 0 Å². The van der Waals surface area contributed by atoms with Crippen molar-refractivity contribution >= 4 is 27.5 Å². The number of nitrogens with one attached hydrogen (secondary N) is 2. The van der Waals surface area contributed by atoms with E-state index in [0.717, 1.165) is 29.8 Å². The van der Waals surface area contributed by atoms with E-state index in [-0.39, 0.29) is 23.9 Å². The summed E-state index contributed by atoms with van der Waals surface area (Å²) in [7, 11) is 0. The van der Waals surface area contributed by atoms with Crippen LogP contribution in [0.4, 0.5) is 4.39 Å². The highest BCUT2D eigenvalue weighted by Crippen LogP contribution is 2.43. The molecule has 6 heteroatoms. The van der Waals surface area contributed by atoms with Gasteiger partial charge in [0.2, 0.25) is 0 Å². The van der Waals surface area contributed by atoms with Crippen LogP contribution in [0.5, 0.6) is 0 Å². The summed E-state index contributed by atoms with van der Waals surface area (Å²) < 4.78 is 14.0. The van der Waals surface area contributed by atoms with Crippen LogP contribution in [0.2, 0.25) is 0 Å². The van der Waals surface area contributed by atoms with Crippen LogP contribution in [0.1, 0.15) is 30.7 Å². The van der Waals surface area contributed by atoms with Gasteiger partial charge in [-0.3, -0.25) is 9.59 Å². The van der Waals surface area contributed by atoms with Crippen molar-refractivity contribution in [2.45, 2.75) is 25.2 Å². The quantitative estimate of drug-likeness (QED) is 0.773. The molecule has 0 fully saturated rings. The topological polar surface area (TPSA) is 58.2 Å². The van der Waals surface area contributed by atoms with Crippen molar-refractivity contribution in [2.24, 2.45) is 0 Å². The van der Waals surface area contributed by atoms with Gasteiger partial charge < -0.3 is 10.6 Å². The fourth-order valence-electron chi connectivity index (χ4n) is 3.79. The molecule has 0 amide bonds. The minimum Gasteiger partial charge on any atom is -0.360 e. The molecular weight excluding hydrogens is 375 g/mol. The third-order valence-electron chi connectivity index (χ3n) is 4.83. The molecule has 1 aliphatic carbocycles. The van der Waals surface area contributed by atoms with Crippen molar-refractivity contribution < 1.29 is 14.0 Å². The van der Waals surface area contributed by atoms with Gasteiger partial charge in [-0.1, -0.05) is 6.07 Å². The molecule has 0 saturated carbocycles. The molecule has 2 heterocycles. The van der Waals surface area contributed by atoms with Gasteiger partial charge in [0.15, 0.2) is 11.6 Å². The Morgan fingerprint density at radius 2 is 1.83 bits per heavy atom. The highest BCUT2D eigenvalue weighted by atomic mass is 79.9. The van der Waals surface area contributed by atoms with E-state index >= 15 is 0 Å². The molecule has 1 aromatic carbocycles. The van der Waals surface area contributed by atoms with E-state index in [1.165, 1.54) is 6.07 Å². The third-order valence-corrected chi connectivity index (χ3v) is 5.43. The van der Waals surface area contributed by atoms with Gasteiger partial charge in [-0.15, -0.1) is 0 Å². The van der Waals surface area contributed by atoms with E-state index in [2.05, 4.69) is 26.6 Å². The fraction of sp³-hybridized carbons (Fsp3) is 0.333. The van der Waals surface area contributed by atoms with E-state index in [9.17, 15) is 14.0 Å². The van der Waals surface area contributed by atoms with Crippen LogP contribution < -0.4 is 10.6 Å². The van der Waals surface area contributed by atoms with Gasteiger partial charge in [0, 0.05) is 41.4 Å².